The Hall–Kier alpha value is -3.00. The Morgan fingerprint density at radius 1 is 1.23 bits per heavy atom. The van der Waals surface area contributed by atoms with E-state index in [0.29, 0.717) is 22.7 Å². The molecule has 2 aromatic heterocycles. The number of nitrogens with zero attached hydrogens (tertiary/aromatic N) is 3. The van der Waals surface area contributed by atoms with Crippen molar-refractivity contribution in [1.82, 2.24) is 9.97 Å². The van der Waals surface area contributed by atoms with Gasteiger partial charge in [-0.2, -0.15) is 0 Å². The van der Waals surface area contributed by atoms with Gasteiger partial charge in [0, 0.05) is 23.7 Å². The lowest BCUT2D eigenvalue weighted by Gasteiger charge is -2.32. The molecule has 1 atom stereocenters. The molecule has 0 spiro atoms. The number of hydrogen-bond donors (Lipinski definition) is 1. The third-order valence-corrected chi connectivity index (χ3v) is 6.40. The first-order valence-electron chi connectivity index (χ1n) is 9.96. The van der Waals surface area contributed by atoms with E-state index in [9.17, 15) is 9.59 Å². The first-order valence-corrected chi connectivity index (χ1v) is 10.8. The van der Waals surface area contributed by atoms with Gasteiger partial charge in [0.05, 0.1) is 23.6 Å². The van der Waals surface area contributed by atoms with Crippen molar-refractivity contribution in [3.05, 3.63) is 46.6 Å². The molecule has 0 aliphatic carbocycles. The van der Waals surface area contributed by atoms with Gasteiger partial charge in [0.15, 0.2) is 0 Å². The molecule has 8 heteroatoms. The molecule has 3 aromatic rings. The Kier molecular flexibility index (Phi) is 5.67. The van der Waals surface area contributed by atoms with Crippen molar-refractivity contribution < 1.29 is 14.3 Å². The number of carbonyl (C=O) groups excluding carboxylic acids is 2. The monoisotopic (exact) mass is 424 g/mol. The highest BCUT2D eigenvalue weighted by molar-refractivity contribution is 7.19. The fourth-order valence-corrected chi connectivity index (χ4v) is 4.91. The molecule has 0 saturated carbocycles. The van der Waals surface area contributed by atoms with Crippen LogP contribution in [0.2, 0.25) is 0 Å². The van der Waals surface area contributed by atoms with Crippen LogP contribution >= 0.6 is 11.3 Å². The SMILES string of the molecule is COC(=O)c1ccc(NC(=O)c2c(C)sc3ncnc(N4CCC[C@H](C)C4)c23)cc1. The van der Waals surface area contributed by atoms with Crippen LogP contribution in [0.4, 0.5) is 11.5 Å². The molecule has 0 radical (unpaired) electrons. The van der Waals surface area contributed by atoms with Gasteiger partial charge in [-0.05, 0) is 49.9 Å². The number of piperidine rings is 1. The van der Waals surface area contributed by atoms with Gasteiger partial charge in [-0.25, -0.2) is 14.8 Å². The van der Waals surface area contributed by atoms with Gasteiger partial charge < -0.3 is 15.0 Å². The van der Waals surface area contributed by atoms with Gasteiger partial charge in [0.25, 0.3) is 5.91 Å². The predicted molar refractivity (Wildman–Crippen MR) is 118 cm³/mol. The average molecular weight is 425 g/mol. The number of amides is 1. The lowest BCUT2D eigenvalue weighted by atomic mass is 10.00. The second kappa shape index (κ2) is 8.39. The minimum atomic E-state index is -0.412. The number of fused-ring (bicyclic) bond motifs is 1. The van der Waals surface area contributed by atoms with Gasteiger partial charge >= 0.3 is 5.97 Å². The van der Waals surface area contributed by atoms with E-state index in [2.05, 4.69) is 27.1 Å². The van der Waals surface area contributed by atoms with Gasteiger partial charge in [-0.1, -0.05) is 6.92 Å². The summed E-state index contributed by atoms with van der Waals surface area (Å²) in [7, 11) is 1.34. The van der Waals surface area contributed by atoms with E-state index in [1.165, 1.54) is 24.9 Å². The molecule has 30 heavy (non-hydrogen) atoms. The number of benzene rings is 1. The van der Waals surface area contributed by atoms with Crippen LogP contribution in [0.15, 0.2) is 30.6 Å². The van der Waals surface area contributed by atoms with E-state index in [0.717, 1.165) is 40.4 Å². The van der Waals surface area contributed by atoms with Crippen LogP contribution < -0.4 is 10.2 Å². The highest BCUT2D eigenvalue weighted by Gasteiger charge is 2.26. The molecule has 4 rings (SSSR count). The summed E-state index contributed by atoms with van der Waals surface area (Å²) < 4.78 is 4.71. The first kappa shape index (κ1) is 20.3. The quantitative estimate of drug-likeness (QED) is 0.630. The zero-order valence-electron chi connectivity index (χ0n) is 17.3. The first-order chi connectivity index (χ1) is 14.5. The summed E-state index contributed by atoms with van der Waals surface area (Å²) in [6.07, 6.45) is 3.91. The number of ether oxygens (including phenoxy) is 1. The Balaban J connectivity index is 1.67. The van der Waals surface area contributed by atoms with Crippen LogP contribution in [0.25, 0.3) is 10.2 Å². The number of methoxy groups -OCH3 is 1. The summed E-state index contributed by atoms with van der Waals surface area (Å²) in [5, 5.41) is 3.76. The van der Waals surface area contributed by atoms with Gasteiger partial charge in [0.2, 0.25) is 0 Å². The molecule has 1 N–H and O–H groups in total. The van der Waals surface area contributed by atoms with Crippen molar-refractivity contribution >= 4 is 44.9 Å². The van der Waals surface area contributed by atoms with Crippen molar-refractivity contribution in [2.24, 2.45) is 5.92 Å². The smallest absolute Gasteiger partial charge is 0.337 e. The van der Waals surface area contributed by atoms with Crippen molar-refractivity contribution in [3.8, 4) is 0 Å². The van der Waals surface area contributed by atoms with E-state index in [-0.39, 0.29) is 5.91 Å². The van der Waals surface area contributed by atoms with Crippen LogP contribution in [-0.4, -0.2) is 42.0 Å². The van der Waals surface area contributed by atoms with Crippen molar-refractivity contribution in [2.75, 3.05) is 30.4 Å². The van der Waals surface area contributed by atoms with Crippen LogP contribution in [0.5, 0.6) is 0 Å². The lowest BCUT2D eigenvalue weighted by molar-refractivity contribution is 0.0600. The van der Waals surface area contributed by atoms with Crippen LogP contribution in [-0.2, 0) is 4.74 Å². The largest absolute Gasteiger partial charge is 0.465 e. The van der Waals surface area contributed by atoms with Crippen molar-refractivity contribution in [2.45, 2.75) is 26.7 Å². The third-order valence-electron chi connectivity index (χ3n) is 5.39. The minimum absolute atomic E-state index is 0.203. The Bertz CT molecular complexity index is 1090. The number of esters is 1. The molecule has 0 bridgehead atoms. The molecule has 0 unspecified atom stereocenters. The summed E-state index contributed by atoms with van der Waals surface area (Å²) in [5.41, 5.74) is 1.65. The summed E-state index contributed by atoms with van der Waals surface area (Å²) in [6, 6.07) is 6.64. The number of anilines is 2. The molecular weight excluding hydrogens is 400 g/mol. The summed E-state index contributed by atoms with van der Waals surface area (Å²) >= 11 is 1.51. The molecule has 1 aliphatic heterocycles. The number of carbonyl (C=O) groups is 2. The van der Waals surface area contributed by atoms with Crippen molar-refractivity contribution in [3.63, 3.8) is 0 Å². The fraction of sp³-hybridized carbons (Fsp3) is 0.364. The summed E-state index contributed by atoms with van der Waals surface area (Å²) in [5.74, 6) is 0.812. The Labute approximate surface area is 179 Å². The van der Waals surface area contributed by atoms with Crippen LogP contribution in [0.3, 0.4) is 0 Å². The highest BCUT2D eigenvalue weighted by Crippen LogP contribution is 2.36. The molecule has 156 valence electrons. The maximum Gasteiger partial charge on any atom is 0.337 e. The fourth-order valence-electron chi connectivity index (χ4n) is 3.92. The van der Waals surface area contributed by atoms with E-state index >= 15 is 0 Å². The van der Waals surface area contributed by atoms with Gasteiger partial charge in [0.1, 0.15) is 17.0 Å². The molecule has 1 aliphatic rings. The second-order valence-electron chi connectivity index (χ2n) is 7.63. The maximum atomic E-state index is 13.2. The number of rotatable bonds is 4. The van der Waals surface area contributed by atoms with Crippen LogP contribution in [0.1, 0.15) is 45.4 Å². The number of thiophene rings is 1. The molecule has 1 saturated heterocycles. The maximum absolute atomic E-state index is 13.2. The number of aryl methyl sites for hydroxylation is 1. The Morgan fingerprint density at radius 2 is 2.00 bits per heavy atom. The molecule has 7 nitrogen and oxygen atoms in total. The second-order valence-corrected chi connectivity index (χ2v) is 8.83. The average Bonchev–Trinajstić information content (AvgIpc) is 3.09. The van der Waals surface area contributed by atoms with Crippen LogP contribution in [0, 0.1) is 12.8 Å². The topological polar surface area (TPSA) is 84.4 Å². The van der Waals surface area contributed by atoms with E-state index in [4.69, 9.17) is 4.74 Å². The van der Waals surface area contributed by atoms with E-state index in [1.54, 1.807) is 30.6 Å². The molecule has 1 amide bonds. The summed E-state index contributed by atoms with van der Waals surface area (Å²) in [6.45, 7) is 6.04. The van der Waals surface area contributed by atoms with Crippen molar-refractivity contribution in [1.29, 1.82) is 0 Å². The standard InChI is InChI=1S/C22H24N4O3S/c1-13-5-4-10-26(11-13)19-18-17(14(2)30-21(18)24-12-23-19)20(27)25-16-8-6-15(7-9-16)22(28)29-3/h6-9,12-13H,4-5,10-11H2,1-3H3,(H,25,27)/t13-/m0/s1. The predicted octanol–water partition coefficient (Wildman–Crippen LogP) is 4.27. The zero-order chi connectivity index (χ0) is 21.3. The molecule has 3 heterocycles. The number of aromatic nitrogens is 2. The Morgan fingerprint density at radius 3 is 2.70 bits per heavy atom. The third kappa shape index (κ3) is 3.87. The summed E-state index contributed by atoms with van der Waals surface area (Å²) in [4.78, 5) is 37.8. The minimum Gasteiger partial charge on any atom is -0.465 e. The normalized spacial score (nSPS) is 16.5. The van der Waals surface area contributed by atoms with E-state index < -0.39 is 5.97 Å². The zero-order valence-corrected chi connectivity index (χ0v) is 18.1. The highest BCUT2D eigenvalue weighted by atomic mass is 32.1. The van der Waals surface area contributed by atoms with Gasteiger partial charge in [-0.3, -0.25) is 4.79 Å². The number of nitrogens with one attached hydrogen (secondary N) is 1. The van der Waals surface area contributed by atoms with Gasteiger partial charge in [-0.15, -0.1) is 11.3 Å². The number of hydrogen-bond acceptors (Lipinski definition) is 7. The lowest BCUT2D eigenvalue weighted by Crippen LogP contribution is -2.35. The molecular formula is C22H24N4O3S. The van der Waals surface area contributed by atoms with E-state index in [1.807, 2.05) is 6.92 Å². The molecule has 1 aromatic carbocycles. The molecule has 1 fully saturated rings.